The molecular formula is C51H60N12O5. The normalized spacial score (nSPS) is 21.7. The van der Waals surface area contributed by atoms with Crippen molar-refractivity contribution in [2.75, 3.05) is 82.6 Å². The lowest BCUT2D eigenvalue weighted by atomic mass is 9.95. The molecule has 0 bridgehead atoms. The van der Waals surface area contributed by atoms with Gasteiger partial charge in [0.15, 0.2) is 5.65 Å². The van der Waals surface area contributed by atoms with Crippen LogP contribution in [0.15, 0.2) is 79.1 Å². The van der Waals surface area contributed by atoms with Gasteiger partial charge in [-0.15, -0.1) is 0 Å². The van der Waals surface area contributed by atoms with E-state index in [2.05, 4.69) is 50.5 Å². The lowest BCUT2D eigenvalue weighted by molar-refractivity contribution is -0.136. The molecule has 2 aromatic heterocycles. The highest BCUT2D eigenvalue weighted by Gasteiger charge is 2.40. The van der Waals surface area contributed by atoms with E-state index in [1.807, 2.05) is 66.7 Å². The zero-order valence-electron chi connectivity index (χ0n) is 38.5. The van der Waals surface area contributed by atoms with Gasteiger partial charge in [0.05, 0.1) is 11.4 Å². The van der Waals surface area contributed by atoms with Crippen molar-refractivity contribution in [3.8, 4) is 22.8 Å². The number of imide groups is 1. The molecule has 0 aliphatic carbocycles. The van der Waals surface area contributed by atoms with Crippen LogP contribution in [0.3, 0.4) is 0 Å². The fourth-order valence-electron chi connectivity index (χ4n) is 11.5. The van der Waals surface area contributed by atoms with Crippen LogP contribution in [-0.4, -0.2) is 152 Å². The van der Waals surface area contributed by atoms with E-state index in [1.165, 1.54) is 6.33 Å². The first-order valence-corrected chi connectivity index (χ1v) is 24.6. The van der Waals surface area contributed by atoms with Crippen LogP contribution in [-0.2, 0) is 16.1 Å². The number of carbonyl (C=O) groups is 4. The molecule has 1 unspecified atom stereocenters. The van der Waals surface area contributed by atoms with E-state index < -0.39 is 6.04 Å². The number of nitrogens with two attached hydrogens (primary N) is 1. The molecule has 6 aliphatic rings. The number of hydrogen-bond acceptors (Lipinski definition) is 12. The number of benzene rings is 3. The highest BCUT2D eigenvalue weighted by atomic mass is 16.5. The average Bonchev–Trinajstić information content (AvgIpc) is 3.93. The van der Waals surface area contributed by atoms with Crippen LogP contribution in [0.2, 0.25) is 0 Å². The van der Waals surface area contributed by atoms with E-state index in [4.69, 9.17) is 15.6 Å². The maximum atomic E-state index is 13.8. The van der Waals surface area contributed by atoms with Crippen LogP contribution in [0.1, 0.15) is 73.3 Å². The van der Waals surface area contributed by atoms with E-state index in [0.717, 1.165) is 156 Å². The second-order valence-electron chi connectivity index (χ2n) is 19.4. The van der Waals surface area contributed by atoms with Crippen molar-refractivity contribution in [2.24, 2.45) is 5.92 Å². The number of nitrogen functional groups attached to an aromatic ring is 1. The van der Waals surface area contributed by atoms with Crippen LogP contribution in [0.25, 0.3) is 22.3 Å². The summed E-state index contributed by atoms with van der Waals surface area (Å²) in [4.78, 5) is 73.5. The number of nitrogens with one attached hydrogen (secondary N) is 1. The van der Waals surface area contributed by atoms with Crippen LogP contribution in [0.5, 0.6) is 11.5 Å². The molecule has 0 radical (unpaired) electrons. The van der Waals surface area contributed by atoms with Crippen LogP contribution >= 0.6 is 0 Å². The number of carbonyl (C=O) groups excluding carboxylic acids is 4. The Morgan fingerprint density at radius 2 is 1.43 bits per heavy atom. The quantitative estimate of drug-likeness (QED) is 0.181. The Kier molecular flexibility index (Phi) is 12.2. The third-order valence-electron chi connectivity index (χ3n) is 15.4. The summed E-state index contributed by atoms with van der Waals surface area (Å²) in [6.07, 6.45) is 8.10. The number of amides is 5. The fraction of sp³-hybridized carbons (Fsp3) is 0.471. The van der Waals surface area contributed by atoms with Crippen molar-refractivity contribution in [1.82, 2.24) is 49.6 Å². The van der Waals surface area contributed by atoms with E-state index in [9.17, 15) is 19.2 Å². The molecule has 1 atom stereocenters. The molecule has 0 saturated carbocycles. The number of ether oxygens (including phenoxy) is 1. The molecule has 5 aromatic rings. The minimum absolute atomic E-state index is 0.139. The van der Waals surface area contributed by atoms with Crippen molar-refractivity contribution < 1.29 is 23.9 Å². The Labute approximate surface area is 396 Å². The molecule has 11 rings (SSSR count). The lowest BCUT2D eigenvalue weighted by Crippen LogP contribution is -2.53. The Balaban J connectivity index is 0.615. The summed E-state index contributed by atoms with van der Waals surface area (Å²) in [5.41, 5.74) is 11.6. The Morgan fingerprint density at radius 3 is 2.15 bits per heavy atom. The molecule has 8 heterocycles. The molecule has 17 nitrogen and oxygen atoms in total. The van der Waals surface area contributed by atoms with Gasteiger partial charge in [0, 0.05) is 108 Å². The van der Waals surface area contributed by atoms with Gasteiger partial charge in [-0.1, -0.05) is 18.2 Å². The number of likely N-dealkylation sites (tertiary alicyclic amines) is 3. The number of fused-ring (bicyclic) bond motifs is 2. The zero-order valence-corrected chi connectivity index (χ0v) is 38.5. The highest BCUT2D eigenvalue weighted by Crippen LogP contribution is 2.37. The van der Waals surface area contributed by atoms with Gasteiger partial charge >= 0.3 is 6.03 Å². The number of piperazine rings is 1. The minimum Gasteiger partial charge on any atom is -0.457 e. The summed E-state index contributed by atoms with van der Waals surface area (Å²) in [7, 11) is 0. The van der Waals surface area contributed by atoms with Gasteiger partial charge in [0.1, 0.15) is 35.4 Å². The van der Waals surface area contributed by atoms with Crippen LogP contribution in [0.4, 0.5) is 16.3 Å². The van der Waals surface area contributed by atoms with Crippen molar-refractivity contribution in [2.45, 2.75) is 76.0 Å². The number of nitrogens with zero attached hydrogens (tertiary/aromatic N) is 10. The summed E-state index contributed by atoms with van der Waals surface area (Å²) in [6, 6.07) is 23.9. The van der Waals surface area contributed by atoms with Crippen molar-refractivity contribution in [1.29, 1.82) is 0 Å². The third kappa shape index (κ3) is 8.84. The van der Waals surface area contributed by atoms with E-state index in [0.29, 0.717) is 36.3 Å². The van der Waals surface area contributed by atoms with Crippen molar-refractivity contribution in [3.63, 3.8) is 0 Å². The first-order chi connectivity index (χ1) is 33.2. The van der Waals surface area contributed by atoms with E-state index >= 15 is 0 Å². The second-order valence-corrected chi connectivity index (χ2v) is 19.4. The third-order valence-corrected chi connectivity index (χ3v) is 15.4. The zero-order chi connectivity index (χ0) is 46.3. The smallest absolute Gasteiger partial charge is 0.319 e. The predicted octanol–water partition coefficient (Wildman–Crippen LogP) is 5.38. The number of rotatable bonds is 9. The molecule has 5 fully saturated rings. The van der Waals surface area contributed by atoms with E-state index in [-0.39, 0.29) is 36.2 Å². The fourth-order valence-corrected chi connectivity index (χ4v) is 11.5. The van der Waals surface area contributed by atoms with Gasteiger partial charge in [0.25, 0.3) is 5.91 Å². The SMILES string of the molecule is Nc1ncnc2c1c(-c1ccc(Oc3ccccc3)cc1)nn2C1CCN(C2CCN(C(=O)N3CCC(CN4CCN(c5ccc6c(c5)CN(C5CCC(=O)NC5=O)C6=O)CC4)CC3)CC2)CC1. The summed E-state index contributed by atoms with van der Waals surface area (Å²) in [5, 5.41) is 8.30. The number of para-hydroxylation sites is 1. The summed E-state index contributed by atoms with van der Waals surface area (Å²) < 4.78 is 8.10. The van der Waals surface area contributed by atoms with Gasteiger partial charge in [-0.05, 0) is 111 Å². The molecule has 354 valence electrons. The maximum absolute atomic E-state index is 13.8. The number of anilines is 2. The molecule has 5 saturated heterocycles. The minimum atomic E-state index is -0.604. The lowest BCUT2D eigenvalue weighted by Gasteiger charge is -2.43. The monoisotopic (exact) mass is 920 g/mol. The number of aromatic nitrogens is 4. The molecule has 3 aromatic carbocycles. The first kappa shape index (κ1) is 43.9. The topological polar surface area (TPSA) is 179 Å². The first-order valence-electron chi connectivity index (χ1n) is 24.6. The molecule has 6 aliphatic heterocycles. The Morgan fingerprint density at radius 1 is 0.735 bits per heavy atom. The number of piperidine rings is 4. The Hall–Kier alpha value is -6.59. The van der Waals surface area contributed by atoms with Gasteiger partial charge in [-0.3, -0.25) is 24.6 Å². The van der Waals surface area contributed by atoms with Crippen LogP contribution < -0.4 is 20.7 Å². The Bertz CT molecular complexity index is 2660. The molecule has 0 spiro atoms. The highest BCUT2D eigenvalue weighted by molar-refractivity contribution is 6.05. The van der Waals surface area contributed by atoms with Gasteiger partial charge < -0.3 is 35.0 Å². The summed E-state index contributed by atoms with van der Waals surface area (Å²) >= 11 is 0. The molecule has 17 heteroatoms. The average molecular weight is 921 g/mol. The largest absolute Gasteiger partial charge is 0.457 e. The van der Waals surface area contributed by atoms with Crippen molar-refractivity contribution in [3.05, 3.63) is 90.3 Å². The van der Waals surface area contributed by atoms with Gasteiger partial charge in [-0.25, -0.2) is 19.4 Å². The van der Waals surface area contributed by atoms with Crippen molar-refractivity contribution >= 4 is 46.3 Å². The maximum Gasteiger partial charge on any atom is 0.319 e. The van der Waals surface area contributed by atoms with Gasteiger partial charge in [0.2, 0.25) is 11.8 Å². The van der Waals surface area contributed by atoms with E-state index in [1.54, 1.807) is 4.90 Å². The predicted molar refractivity (Wildman–Crippen MR) is 257 cm³/mol. The van der Waals surface area contributed by atoms with Gasteiger partial charge in [-0.2, -0.15) is 5.10 Å². The second kappa shape index (κ2) is 18.8. The number of urea groups is 1. The molecular weight excluding hydrogens is 861 g/mol. The molecule has 68 heavy (non-hydrogen) atoms. The summed E-state index contributed by atoms with van der Waals surface area (Å²) in [6.45, 7) is 10.4. The number of hydrogen-bond donors (Lipinski definition) is 2. The standard InChI is InChI=1S/C51H60N12O5/c52-47-45-46(35-6-9-41(10-7-35)68-40-4-2-1-3-5-40)56-63(48(45)54-33-53-47)38-18-22-58(23-19-38)37-16-24-61(25-17-37)51(67)60-20-14-34(15-21-60)31-57-26-28-59(29-27-57)39-8-11-42-36(30-39)32-62(50(42)66)43-12-13-44(64)55-49(43)65/h1-11,30,33-34,37-38,43H,12-29,31-32H2,(H2,52,53,54)(H,55,64,65). The molecule has 3 N–H and O–H groups in total. The van der Waals surface area contributed by atoms with Crippen LogP contribution in [0, 0.1) is 5.92 Å². The molecule has 5 amide bonds. The summed E-state index contributed by atoms with van der Waals surface area (Å²) in [5.74, 6) is 1.73.